The summed E-state index contributed by atoms with van der Waals surface area (Å²) in [7, 11) is 1.39. The molecule has 1 unspecified atom stereocenters. The molecule has 3 heterocycles. The van der Waals surface area contributed by atoms with Gasteiger partial charge in [0.15, 0.2) is 5.82 Å². The van der Waals surface area contributed by atoms with Gasteiger partial charge in [-0.2, -0.15) is 5.10 Å². The van der Waals surface area contributed by atoms with Crippen molar-refractivity contribution in [2.75, 3.05) is 31.7 Å². The second kappa shape index (κ2) is 5.46. The van der Waals surface area contributed by atoms with Crippen molar-refractivity contribution in [3.05, 3.63) is 24.7 Å². The maximum Gasteiger partial charge on any atom is 0.308 e. The van der Waals surface area contributed by atoms with Gasteiger partial charge in [0.25, 0.3) is 0 Å². The lowest BCUT2D eigenvalue weighted by Gasteiger charge is -2.33. The minimum absolute atomic E-state index is 0.166. The number of hydrogen-bond acceptors (Lipinski definition) is 6. The summed E-state index contributed by atoms with van der Waals surface area (Å²) in [6.07, 6.45) is 5.37. The van der Waals surface area contributed by atoms with E-state index in [9.17, 15) is 4.79 Å². The molecule has 1 fully saturated rings. The van der Waals surface area contributed by atoms with Crippen LogP contribution in [0.4, 0.5) is 5.82 Å². The van der Waals surface area contributed by atoms with Crippen LogP contribution in [0.25, 0.3) is 5.52 Å². The quantitative estimate of drug-likeness (QED) is 0.760. The molecule has 0 spiro atoms. The molecule has 106 valence electrons. The third kappa shape index (κ3) is 2.44. The number of rotatable bonds is 3. The zero-order valence-corrected chi connectivity index (χ0v) is 11.2. The number of carbonyl (C=O) groups excluding carboxylic acids is 1. The molecule has 1 aliphatic heterocycles. The van der Waals surface area contributed by atoms with Gasteiger partial charge in [-0.1, -0.05) is 0 Å². The molecule has 0 aromatic carbocycles. The summed E-state index contributed by atoms with van der Waals surface area (Å²) < 4.78 is 12.1. The fourth-order valence-electron chi connectivity index (χ4n) is 2.39. The van der Waals surface area contributed by atoms with E-state index in [4.69, 9.17) is 4.74 Å². The second-order valence-electron chi connectivity index (χ2n) is 4.63. The van der Waals surface area contributed by atoms with Crippen molar-refractivity contribution >= 4 is 17.3 Å². The predicted molar refractivity (Wildman–Crippen MR) is 71.6 cm³/mol. The molecule has 0 bridgehead atoms. The fraction of sp³-hybridized carbons (Fsp3) is 0.462. The predicted octanol–water partition coefficient (Wildman–Crippen LogP) is 0.498. The van der Waals surface area contributed by atoms with E-state index >= 15 is 0 Å². The summed E-state index contributed by atoms with van der Waals surface area (Å²) in [6.45, 7) is 1.93. The van der Waals surface area contributed by atoms with E-state index in [1.165, 1.54) is 7.11 Å². The second-order valence-corrected chi connectivity index (χ2v) is 4.63. The maximum atomic E-state index is 11.3. The highest BCUT2D eigenvalue weighted by Crippen LogP contribution is 2.21. The van der Waals surface area contributed by atoms with Gasteiger partial charge in [0.2, 0.25) is 0 Å². The van der Waals surface area contributed by atoms with Crippen LogP contribution in [-0.2, 0) is 14.3 Å². The Morgan fingerprint density at radius 2 is 2.45 bits per heavy atom. The van der Waals surface area contributed by atoms with E-state index in [-0.39, 0.29) is 18.5 Å². The number of anilines is 1. The summed E-state index contributed by atoms with van der Waals surface area (Å²) in [5, 5.41) is 4.20. The molecule has 0 amide bonds. The number of nitrogens with zero attached hydrogens (tertiary/aromatic N) is 4. The van der Waals surface area contributed by atoms with Crippen molar-refractivity contribution in [1.82, 2.24) is 14.6 Å². The number of aromatic nitrogens is 3. The molecule has 3 rings (SSSR count). The molecule has 7 nitrogen and oxygen atoms in total. The molecule has 0 saturated carbocycles. The number of carbonyl (C=O) groups is 1. The average molecular weight is 276 g/mol. The lowest BCUT2D eigenvalue weighted by atomic mass is 10.2. The van der Waals surface area contributed by atoms with Crippen LogP contribution in [0.2, 0.25) is 0 Å². The van der Waals surface area contributed by atoms with Crippen LogP contribution in [-0.4, -0.2) is 53.5 Å². The van der Waals surface area contributed by atoms with Gasteiger partial charge in [-0.15, -0.1) is 0 Å². The molecule has 2 aromatic heterocycles. The fourth-order valence-corrected chi connectivity index (χ4v) is 2.39. The Hall–Kier alpha value is -2.15. The van der Waals surface area contributed by atoms with E-state index in [2.05, 4.69) is 19.7 Å². The molecular weight excluding hydrogens is 260 g/mol. The van der Waals surface area contributed by atoms with Gasteiger partial charge < -0.3 is 14.4 Å². The molecular formula is C13H16N4O3. The van der Waals surface area contributed by atoms with Crippen LogP contribution in [0.1, 0.15) is 6.42 Å². The first-order valence-electron chi connectivity index (χ1n) is 6.49. The Morgan fingerprint density at radius 3 is 3.30 bits per heavy atom. The highest BCUT2D eigenvalue weighted by molar-refractivity contribution is 5.71. The van der Waals surface area contributed by atoms with Crippen LogP contribution in [0.15, 0.2) is 24.7 Å². The Kier molecular flexibility index (Phi) is 3.51. The summed E-state index contributed by atoms with van der Waals surface area (Å²) in [4.78, 5) is 17.9. The zero-order valence-electron chi connectivity index (χ0n) is 11.2. The third-order valence-electron chi connectivity index (χ3n) is 3.36. The first kappa shape index (κ1) is 12.9. The normalized spacial score (nSPS) is 19.2. The average Bonchev–Trinajstić information content (AvgIpc) is 2.95. The lowest BCUT2D eigenvalue weighted by Crippen LogP contribution is -2.44. The molecule has 0 radical (unpaired) electrons. The molecule has 1 atom stereocenters. The number of hydrogen-bond donors (Lipinski definition) is 0. The minimum atomic E-state index is -0.257. The summed E-state index contributed by atoms with van der Waals surface area (Å²) >= 11 is 0. The van der Waals surface area contributed by atoms with Crippen LogP contribution < -0.4 is 4.90 Å². The van der Waals surface area contributed by atoms with Crippen molar-refractivity contribution in [3.8, 4) is 0 Å². The van der Waals surface area contributed by atoms with Crippen molar-refractivity contribution in [2.24, 2.45) is 0 Å². The van der Waals surface area contributed by atoms with Gasteiger partial charge in [0.05, 0.1) is 32.4 Å². The van der Waals surface area contributed by atoms with Gasteiger partial charge in [0, 0.05) is 25.5 Å². The minimum Gasteiger partial charge on any atom is -0.469 e. The lowest BCUT2D eigenvalue weighted by molar-refractivity contribution is -0.144. The summed E-state index contributed by atoms with van der Waals surface area (Å²) in [5.41, 5.74) is 0.950. The number of fused-ring (bicyclic) bond motifs is 1. The van der Waals surface area contributed by atoms with Gasteiger partial charge in [-0.3, -0.25) is 4.79 Å². The number of methoxy groups -OCH3 is 1. The number of esters is 1. The van der Waals surface area contributed by atoms with Gasteiger partial charge in [0.1, 0.15) is 5.52 Å². The summed E-state index contributed by atoms with van der Waals surface area (Å²) in [6, 6.07) is 1.92. The van der Waals surface area contributed by atoms with Crippen LogP contribution in [0.3, 0.4) is 0 Å². The zero-order chi connectivity index (χ0) is 13.9. The van der Waals surface area contributed by atoms with Crippen molar-refractivity contribution < 1.29 is 14.3 Å². The molecule has 20 heavy (non-hydrogen) atoms. The van der Waals surface area contributed by atoms with Crippen LogP contribution >= 0.6 is 0 Å². The van der Waals surface area contributed by atoms with Crippen molar-refractivity contribution in [3.63, 3.8) is 0 Å². The van der Waals surface area contributed by atoms with E-state index in [1.54, 1.807) is 16.9 Å². The number of morpholine rings is 1. The molecule has 1 aliphatic rings. The van der Waals surface area contributed by atoms with Crippen LogP contribution in [0.5, 0.6) is 0 Å². The van der Waals surface area contributed by atoms with E-state index < -0.39 is 0 Å². The SMILES string of the molecule is COC(=O)CC1CN(c2nccn3nccc23)CCO1. The Balaban J connectivity index is 1.79. The van der Waals surface area contributed by atoms with Gasteiger partial charge in [-0.05, 0) is 6.07 Å². The standard InChI is InChI=1S/C13H16N4O3/c1-19-12(18)8-10-9-16(6-7-20-10)13-11-2-3-15-17(11)5-4-14-13/h2-5,10H,6-9H2,1H3. The number of ether oxygens (including phenoxy) is 2. The van der Waals surface area contributed by atoms with Crippen molar-refractivity contribution in [1.29, 1.82) is 0 Å². The van der Waals surface area contributed by atoms with E-state index in [0.29, 0.717) is 13.2 Å². The smallest absolute Gasteiger partial charge is 0.308 e. The molecule has 2 aromatic rings. The largest absolute Gasteiger partial charge is 0.469 e. The first-order valence-corrected chi connectivity index (χ1v) is 6.49. The van der Waals surface area contributed by atoms with E-state index in [1.807, 2.05) is 12.3 Å². The monoisotopic (exact) mass is 276 g/mol. The molecule has 0 N–H and O–H groups in total. The third-order valence-corrected chi connectivity index (χ3v) is 3.36. The summed E-state index contributed by atoms with van der Waals surface area (Å²) in [5.74, 6) is 0.607. The Morgan fingerprint density at radius 1 is 1.55 bits per heavy atom. The van der Waals surface area contributed by atoms with E-state index in [0.717, 1.165) is 17.9 Å². The Labute approximate surface area is 116 Å². The topological polar surface area (TPSA) is 69.0 Å². The molecule has 1 saturated heterocycles. The highest BCUT2D eigenvalue weighted by Gasteiger charge is 2.25. The first-order chi connectivity index (χ1) is 9.78. The molecule has 7 heteroatoms. The maximum absolute atomic E-state index is 11.3. The Bertz CT molecular complexity index is 612. The van der Waals surface area contributed by atoms with Gasteiger partial charge >= 0.3 is 5.97 Å². The molecule has 0 aliphatic carbocycles. The van der Waals surface area contributed by atoms with Crippen LogP contribution in [0, 0.1) is 0 Å². The highest BCUT2D eigenvalue weighted by atomic mass is 16.5. The van der Waals surface area contributed by atoms with Crippen molar-refractivity contribution in [2.45, 2.75) is 12.5 Å². The van der Waals surface area contributed by atoms with Gasteiger partial charge in [-0.25, -0.2) is 9.50 Å².